The number of rotatable bonds is 7. The number of aromatic nitrogens is 3. The maximum absolute atomic E-state index is 11.3. The molecule has 0 aliphatic heterocycles. The standard InChI is InChI=1S/C17H17N5O6S2/c1-11-19-16(18-10-12-5-7-14(8-6-12)29(23,24)25)22-17(20-11)21-13-3-2-4-15(9-13)30(26,27)28/h2-9H,10H2,1H3,(H,23,24,25)(H,26,27,28)(H2,18,19,20,21,22). The third kappa shape index (κ3) is 5.70. The zero-order valence-electron chi connectivity index (χ0n) is 15.5. The predicted molar refractivity (Wildman–Crippen MR) is 108 cm³/mol. The Labute approximate surface area is 172 Å². The highest BCUT2D eigenvalue weighted by atomic mass is 32.2. The van der Waals surface area contributed by atoms with E-state index in [0.717, 1.165) is 5.56 Å². The minimum absolute atomic E-state index is 0.152. The van der Waals surface area contributed by atoms with E-state index >= 15 is 0 Å². The molecular weight excluding hydrogens is 434 g/mol. The van der Waals surface area contributed by atoms with E-state index in [1.54, 1.807) is 13.0 Å². The van der Waals surface area contributed by atoms with Crippen molar-refractivity contribution in [3.8, 4) is 0 Å². The molecule has 0 aliphatic carbocycles. The summed E-state index contributed by atoms with van der Waals surface area (Å²) in [7, 11) is -8.60. The van der Waals surface area contributed by atoms with Gasteiger partial charge in [0.25, 0.3) is 20.2 Å². The molecule has 13 heteroatoms. The highest BCUT2D eigenvalue weighted by Gasteiger charge is 2.11. The lowest BCUT2D eigenvalue weighted by Crippen LogP contribution is -2.09. The summed E-state index contributed by atoms with van der Waals surface area (Å²) in [6.07, 6.45) is 0. The average Bonchev–Trinajstić information content (AvgIpc) is 2.65. The van der Waals surface area contributed by atoms with Gasteiger partial charge in [0.05, 0.1) is 9.79 Å². The Morgan fingerprint density at radius 1 is 0.833 bits per heavy atom. The van der Waals surface area contributed by atoms with Crippen LogP contribution in [0.3, 0.4) is 0 Å². The smallest absolute Gasteiger partial charge is 0.294 e. The van der Waals surface area contributed by atoms with Crippen LogP contribution in [0.5, 0.6) is 0 Å². The molecule has 158 valence electrons. The Balaban J connectivity index is 1.74. The molecule has 11 nitrogen and oxygen atoms in total. The van der Waals surface area contributed by atoms with E-state index in [9.17, 15) is 16.8 Å². The first-order valence-corrected chi connectivity index (χ1v) is 11.3. The summed E-state index contributed by atoms with van der Waals surface area (Å²) in [6.45, 7) is 1.92. The zero-order chi connectivity index (χ0) is 21.9. The van der Waals surface area contributed by atoms with Crippen molar-refractivity contribution in [1.82, 2.24) is 15.0 Å². The molecule has 0 bridgehead atoms. The van der Waals surface area contributed by atoms with Crippen LogP contribution >= 0.6 is 0 Å². The van der Waals surface area contributed by atoms with Crippen molar-refractivity contribution in [1.29, 1.82) is 0 Å². The first kappa shape index (κ1) is 21.6. The first-order chi connectivity index (χ1) is 14.0. The molecule has 0 aliphatic rings. The topological polar surface area (TPSA) is 171 Å². The van der Waals surface area contributed by atoms with E-state index in [-0.39, 0.29) is 28.2 Å². The summed E-state index contributed by atoms with van der Waals surface area (Å²) >= 11 is 0. The van der Waals surface area contributed by atoms with Crippen LogP contribution in [0, 0.1) is 6.92 Å². The number of anilines is 3. The van der Waals surface area contributed by atoms with Gasteiger partial charge in [0, 0.05) is 12.2 Å². The van der Waals surface area contributed by atoms with Crippen LogP contribution in [-0.2, 0) is 26.8 Å². The number of nitrogens with one attached hydrogen (secondary N) is 2. The van der Waals surface area contributed by atoms with Crippen LogP contribution in [-0.4, -0.2) is 40.9 Å². The molecule has 0 atom stereocenters. The van der Waals surface area contributed by atoms with E-state index in [2.05, 4.69) is 25.6 Å². The molecule has 1 heterocycles. The maximum Gasteiger partial charge on any atom is 0.294 e. The Morgan fingerprint density at radius 3 is 2.10 bits per heavy atom. The SMILES string of the molecule is Cc1nc(NCc2ccc(S(=O)(=O)O)cc2)nc(Nc2cccc(S(=O)(=O)O)c2)n1. The highest BCUT2D eigenvalue weighted by Crippen LogP contribution is 2.19. The number of hydrogen-bond acceptors (Lipinski definition) is 9. The quantitative estimate of drug-likeness (QED) is 0.387. The van der Waals surface area contributed by atoms with Crippen LogP contribution in [0.1, 0.15) is 11.4 Å². The Bertz CT molecular complexity index is 1280. The van der Waals surface area contributed by atoms with Crippen LogP contribution < -0.4 is 10.6 Å². The van der Waals surface area contributed by atoms with E-state index in [4.69, 9.17) is 9.11 Å². The summed E-state index contributed by atoms with van der Waals surface area (Å²) in [5, 5.41) is 5.82. The van der Waals surface area contributed by atoms with Gasteiger partial charge in [-0.1, -0.05) is 18.2 Å². The normalized spacial score (nSPS) is 11.8. The average molecular weight is 451 g/mol. The molecule has 2 aromatic carbocycles. The van der Waals surface area contributed by atoms with Gasteiger partial charge in [-0.15, -0.1) is 0 Å². The lowest BCUT2D eigenvalue weighted by Gasteiger charge is -2.10. The molecule has 1 aromatic heterocycles. The maximum atomic E-state index is 11.3. The molecule has 0 unspecified atom stereocenters. The molecule has 0 amide bonds. The number of hydrogen-bond donors (Lipinski definition) is 4. The van der Waals surface area contributed by atoms with Crippen molar-refractivity contribution >= 4 is 37.8 Å². The summed E-state index contributed by atoms with van der Waals surface area (Å²) in [6, 6.07) is 11.1. The van der Waals surface area contributed by atoms with Crippen LogP contribution in [0.4, 0.5) is 17.6 Å². The van der Waals surface area contributed by atoms with Gasteiger partial charge in [0.1, 0.15) is 5.82 Å². The van der Waals surface area contributed by atoms with Gasteiger partial charge in [-0.3, -0.25) is 9.11 Å². The second-order valence-electron chi connectivity index (χ2n) is 6.13. The van der Waals surface area contributed by atoms with Gasteiger partial charge >= 0.3 is 0 Å². The Kier molecular flexibility index (Phi) is 5.98. The second kappa shape index (κ2) is 8.31. The van der Waals surface area contributed by atoms with Crippen molar-refractivity contribution in [2.45, 2.75) is 23.3 Å². The number of benzene rings is 2. The summed E-state index contributed by atoms with van der Waals surface area (Å²) < 4.78 is 62.9. The van der Waals surface area contributed by atoms with Gasteiger partial charge in [-0.05, 0) is 42.8 Å². The molecule has 30 heavy (non-hydrogen) atoms. The van der Waals surface area contributed by atoms with E-state index in [0.29, 0.717) is 11.5 Å². The monoisotopic (exact) mass is 451 g/mol. The van der Waals surface area contributed by atoms with Crippen molar-refractivity contribution in [2.24, 2.45) is 0 Å². The fourth-order valence-electron chi connectivity index (χ4n) is 2.44. The Morgan fingerprint density at radius 2 is 1.47 bits per heavy atom. The molecule has 0 radical (unpaired) electrons. The van der Waals surface area contributed by atoms with Crippen molar-refractivity contribution < 1.29 is 25.9 Å². The fraction of sp³-hybridized carbons (Fsp3) is 0.118. The van der Waals surface area contributed by atoms with Gasteiger partial charge in [0.2, 0.25) is 11.9 Å². The third-order valence-corrected chi connectivity index (χ3v) is 5.52. The Hall–Kier alpha value is -3.13. The second-order valence-corrected chi connectivity index (χ2v) is 8.97. The van der Waals surface area contributed by atoms with Gasteiger partial charge in [-0.2, -0.15) is 31.8 Å². The van der Waals surface area contributed by atoms with Crippen LogP contribution in [0.15, 0.2) is 58.3 Å². The lowest BCUT2D eigenvalue weighted by molar-refractivity contribution is 0.481. The van der Waals surface area contributed by atoms with Crippen LogP contribution in [0.2, 0.25) is 0 Å². The summed E-state index contributed by atoms with van der Waals surface area (Å²) in [5.74, 6) is 0.775. The minimum Gasteiger partial charge on any atom is -0.350 e. The molecule has 3 rings (SSSR count). The molecule has 4 N–H and O–H groups in total. The van der Waals surface area contributed by atoms with E-state index in [1.165, 1.54) is 42.5 Å². The lowest BCUT2D eigenvalue weighted by atomic mass is 10.2. The first-order valence-electron chi connectivity index (χ1n) is 8.38. The van der Waals surface area contributed by atoms with E-state index in [1.807, 2.05) is 0 Å². The molecule has 3 aromatic rings. The number of nitrogens with zero attached hydrogens (tertiary/aromatic N) is 3. The van der Waals surface area contributed by atoms with Gasteiger partial charge in [0.15, 0.2) is 0 Å². The molecular formula is C17H17N5O6S2. The summed E-state index contributed by atoms with van der Waals surface area (Å²) in [5.41, 5.74) is 1.07. The summed E-state index contributed by atoms with van der Waals surface area (Å²) in [4.78, 5) is 12.0. The molecule has 0 fully saturated rings. The van der Waals surface area contributed by atoms with Crippen LogP contribution in [0.25, 0.3) is 0 Å². The van der Waals surface area contributed by atoms with Crippen molar-refractivity contribution in [3.05, 3.63) is 59.9 Å². The molecule has 0 saturated heterocycles. The van der Waals surface area contributed by atoms with E-state index < -0.39 is 20.2 Å². The molecule has 0 saturated carbocycles. The molecule has 0 spiro atoms. The third-order valence-electron chi connectivity index (χ3n) is 3.81. The predicted octanol–water partition coefficient (Wildman–Crippen LogP) is 2.03. The van der Waals surface area contributed by atoms with Gasteiger partial charge in [-0.25, -0.2) is 0 Å². The largest absolute Gasteiger partial charge is 0.350 e. The van der Waals surface area contributed by atoms with Crippen molar-refractivity contribution in [2.75, 3.05) is 10.6 Å². The fourth-order valence-corrected chi connectivity index (χ4v) is 3.45. The highest BCUT2D eigenvalue weighted by molar-refractivity contribution is 7.86. The van der Waals surface area contributed by atoms with Crippen molar-refractivity contribution in [3.63, 3.8) is 0 Å². The minimum atomic E-state index is -4.34. The zero-order valence-corrected chi connectivity index (χ0v) is 17.1. The van der Waals surface area contributed by atoms with Gasteiger partial charge < -0.3 is 10.6 Å². The number of aryl methyl sites for hydroxylation is 1.